The van der Waals surface area contributed by atoms with Crippen LogP contribution in [-0.2, 0) is 11.8 Å². The molecule has 1 fully saturated rings. The Hall–Kier alpha value is -2.82. The van der Waals surface area contributed by atoms with E-state index in [1.54, 1.807) is 0 Å². The normalized spacial score (nSPS) is 14.8. The Balaban J connectivity index is 1.46. The molecule has 0 aliphatic carbocycles. The van der Waals surface area contributed by atoms with Crippen molar-refractivity contribution < 1.29 is 9.59 Å². The van der Waals surface area contributed by atoms with Crippen LogP contribution in [0.25, 0.3) is 0 Å². The zero-order chi connectivity index (χ0) is 22.4. The molecule has 1 heterocycles. The first-order valence-electron chi connectivity index (χ1n) is 11.2. The number of nitrogens with zero attached hydrogens (tertiary/aromatic N) is 2. The molecule has 0 atom stereocenters. The summed E-state index contributed by atoms with van der Waals surface area (Å²) in [6.07, 6.45) is 1.60. The molecule has 3 rings (SSSR count). The number of benzene rings is 2. The molecule has 0 unspecified atom stereocenters. The monoisotopic (exact) mass is 421 g/mol. The smallest absolute Gasteiger partial charge is 0.317 e. The minimum atomic E-state index is -0.0452. The molecular formula is C26H35N3O2. The average Bonchev–Trinajstić information content (AvgIpc) is 2.99. The summed E-state index contributed by atoms with van der Waals surface area (Å²) in [5.41, 5.74) is 4.48. The van der Waals surface area contributed by atoms with E-state index in [4.69, 9.17) is 0 Å². The van der Waals surface area contributed by atoms with Crippen molar-refractivity contribution in [1.82, 2.24) is 15.1 Å². The van der Waals surface area contributed by atoms with Gasteiger partial charge in [0.1, 0.15) is 0 Å². The maximum atomic E-state index is 12.8. The van der Waals surface area contributed by atoms with Crippen molar-refractivity contribution >= 4 is 11.9 Å². The van der Waals surface area contributed by atoms with Crippen LogP contribution >= 0.6 is 0 Å². The first-order chi connectivity index (χ1) is 14.7. The molecule has 0 saturated carbocycles. The number of hydrogen-bond donors (Lipinski definition) is 1. The van der Waals surface area contributed by atoms with Crippen molar-refractivity contribution in [3.05, 3.63) is 70.8 Å². The van der Waals surface area contributed by atoms with Crippen LogP contribution in [0.1, 0.15) is 54.2 Å². The lowest BCUT2D eigenvalue weighted by Gasteiger charge is -2.23. The summed E-state index contributed by atoms with van der Waals surface area (Å²) in [6, 6.07) is 16.3. The summed E-state index contributed by atoms with van der Waals surface area (Å²) in [5, 5.41) is 3.04. The number of rotatable bonds is 4. The Morgan fingerprint density at radius 2 is 1.61 bits per heavy atom. The van der Waals surface area contributed by atoms with Gasteiger partial charge in [-0.1, -0.05) is 62.7 Å². The van der Waals surface area contributed by atoms with Crippen molar-refractivity contribution in [3.8, 4) is 0 Å². The summed E-state index contributed by atoms with van der Waals surface area (Å²) in [7, 11) is 0. The molecule has 1 saturated heterocycles. The van der Waals surface area contributed by atoms with Gasteiger partial charge in [0.25, 0.3) is 5.91 Å². The van der Waals surface area contributed by atoms with E-state index in [9.17, 15) is 9.59 Å². The highest BCUT2D eigenvalue weighted by Gasteiger charge is 2.22. The van der Waals surface area contributed by atoms with Crippen LogP contribution in [0.3, 0.4) is 0 Å². The molecule has 5 nitrogen and oxygen atoms in total. The van der Waals surface area contributed by atoms with Gasteiger partial charge in [0.15, 0.2) is 0 Å². The third-order valence-corrected chi connectivity index (χ3v) is 5.85. The van der Waals surface area contributed by atoms with Gasteiger partial charge >= 0.3 is 6.03 Å². The average molecular weight is 422 g/mol. The van der Waals surface area contributed by atoms with Crippen LogP contribution in [-0.4, -0.2) is 54.5 Å². The molecule has 1 N–H and O–H groups in total. The molecule has 1 aliphatic rings. The SMILES string of the molecule is Cc1cccc(C(=O)N2CCCN(C(=O)NCCc3ccc(C(C)(C)C)cc3)CC2)c1. The van der Waals surface area contributed by atoms with E-state index in [1.807, 2.05) is 41.0 Å². The fraction of sp³-hybridized carbons (Fsp3) is 0.462. The third kappa shape index (κ3) is 6.33. The number of amides is 3. The summed E-state index contributed by atoms with van der Waals surface area (Å²) in [4.78, 5) is 29.1. The third-order valence-electron chi connectivity index (χ3n) is 5.85. The summed E-state index contributed by atoms with van der Waals surface area (Å²) in [6.45, 7) is 11.7. The quantitative estimate of drug-likeness (QED) is 0.796. The first-order valence-corrected chi connectivity index (χ1v) is 11.2. The minimum Gasteiger partial charge on any atom is -0.338 e. The molecule has 5 heteroatoms. The van der Waals surface area contributed by atoms with Crippen LogP contribution in [0.4, 0.5) is 4.79 Å². The van der Waals surface area contributed by atoms with Crippen LogP contribution in [0.15, 0.2) is 48.5 Å². The van der Waals surface area contributed by atoms with Crippen LogP contribution in [0.5, 0.6) is 0 Å². The predicted molar refractivity (Wildman–Crippen MR) is 126 cm³/mol. The standard InChI is InChI=1S/C26H35N3O2/c1-20-7-5-8-22(19-20)24(30)28-15-6-16-29(18-17-28)25(31)27-14-13-21-9-11-23(12-10-21)26(2,3)4/h5,7-12,19H,6,13-18H2,1-4H3,(H,27,31). The highest BCUT2D eigenvalue weighted by molar-refractivity contribution is 5.94. The van der Waals surface area contributed by atoms with Gasteiger partial charge in [0, 0.05) is 38.3 Å². The summed E-state index contributed by atoms with van der Waals surface area (Å²) >= 11 is 0. The molecule has 0 spiro atoms. The molecule has 2 aromatic rings. The van der Waals surface area contributed by atoms with Crippen molar-refractivity contribution in [2.75, 3.05) is 32.7 Å². The van der Waals surface area contributed by atoms with Gasteiger partial charge in [0.05, 0.1) is 0 Å². The first kappa shape index (κ1) is 22.9. The van der Waals surface area contributed by atoms with E-state index in [1.165, 1.54) is 11.1 Å². The highest BCUT2D eigenvalue weighted by Crippen LogP contribution is 2.22. The van der Waals surface area contributed by atoms with E-state index < -0.39 is 0 Å². The fourth-order valence-electron chi connectivity index (χ4n) is 3.88. The predicted octanol–water partition coefficient (Wildman–Crippen LogP) is 4.39. The number of aryl methyl sites for hydroxylation is 1. The Kier molecular flexibility index (Phi) is 7.37. The van der Waals surface area contributed by atoms with Gasteiger partial charge in [0.2, 0.25) is 0 Å². The molecular weight excluding hydrogens is 386 g/mol. The van der Waals surface area contributed by atoms with Gasteiger partial charge in [-0.2, -0.15) is 0 Å². The number of nitrogens with one attached hydrogen (secondary N) is 1. The van der Waals surface area contributed by atoms with E-state index in [2.05, 4.69) is 50.4 Å². The molecule has 0 aromatic heterocycles. The molecule has 31 heavy (non-hydrogen) atoms. The van der Waals surface area contributed by atoms with Crippen LogP contribution in [0, 0.1) is 6.92 Å². The molecule has 3 amide bonds. The van der Waals surface area contributed by atoms with E-state index >= 15 is 0 Å². The van der Waals surface area contributed by atoms with Gasteiger partial charge in [-0.3, -0.25) is 4.79 Å². The van der Waals surface area contributed by atoms with Gasteiger partial charge in [-0.05, 0) is 48.4 Å². The molecule has 0 radical (unpaired) electrons. The van der Waals surface area contributed by atoms with E-state index in [-0.39, 0.29) is 17.4 Å². The zero-order valence-corrected chi connectivity index (χ0v) is 19.3. The topological polar surface area (TPSA) is 52.7 Å². The Labute approximate surface area is 186 Å². The second-order valence-corrected chi connectivity index (χ2v) is 9.43. The zero-order valence-electron chi connectivity index (χ0n) is 19.3. The van der Waals surface area contributed by atoms with Crippen molar-refractivity contribution in [1.29, 1.82) is 0 Å². The van der Waals surface area contributed by atoms with E-state index in [0.29, 0.717) is 32.7 Å². The van der Waals surface area contributed by atoms with Gasteiger partial charge in [-0.15, -0.1) is 0 Å². The lowest BCUT2D eigenvalue weighted by atomic mass is 9.86. The second kappa shape index (κ2) is 9.99. The Bertz CT molecular complexity index is 900. The maximum absolute atomic E-state index is 12.8. The van der Waals surface area contributed by atoms with Crippen molar-refractivity contribution in [2.24, 2.45) is 0 Å². The van der Waals surface area contributed by atoms with Gasteiger partial charge < -0.3 is 15.1 Å². The van der Waals surface area contributed by atoms with Crippen molar-refractivity contribution in [2.45, 2.75) is 46.0 Å². The second-order valence-electron chi connectivity index (χ2n) is 9.43. The highest BCUT2D eigenvalue weighted by atomic mass is 16.2. The number of carbonyl (C=O) groups excluding carboxylic acids is 2. The lowest BCUT2D eigenvalue weighted by molar-refractivity contribution is 0.0762. The number of carbonyl (C=O) groups is 2. The van der Waals surface area contributed by atoms with Crippen molar-refractivity contribution in [3.63, 3.8) is 0 Å². The van der Waals surface area contributed by atoms with Crippen LogP contribution < -0.4 is 5.32 Å². The van der Waals surface area contributed by atoms with E-state index in [0.717, 1.165) is 24.0 Å². The van der Waals surface area contributed by atoms with Gasteiger partial charge in [-0.25, -0.2) is 4.79 Å². The Morgan fingerprint density at radius 3 is 2.29 bits per heavy atom. The minimum absolute atomic E-state index is 0.0452. The largest absolute Gasteiger partial charge is 0.338 e. The molecule has 166 valence electrons. The number of urea groups is 1. The molecule has 0 bridgehead atoms. The molecule has 1 aliphatic heterocycles. The van der Waals surface area contributed by atoms with Crippen LogP contribution in [0.2, 0.25) is 0 Å². The maximum Gasteiger partial charge on any atom is 0.317 e. The lowest BCUT2D eigenvalue weighted by Crippen LogP contribution is -2.43. The Morgan fingerprint density at radius 1 is 0.935 bits per heavy atom. The summed E-state index contributed by atoms with van der Waals surface area (Å²) in [5.74, 6) is 0.0460. The fourth-order valence-corrected chi connectivity index (χ4v) is 3.88. The summed E-state index contributed by atoms with van der Waals surface area (Å²) < 4.78 is 0. The molecule has 2 aromatic carbocycles. The number of hydrogen-bond acceptors (Lipinski definition) is 2.